The average Bonchev–Trinajstić information content (AvgIpc) is 2.70. The Kier molecular flexibility index (Phi) is 3.15. The van der Waals surface area contributed by atoms with Crippen LogP contribution in [0.5, 0.6) is 0 Å². The topological polar surface area (TPSA) is 41.3 Å². The maximum absolute atomic E-state index is 9.13. The zero-order chi connectivity index (χ0) is 12.4. The SMILES string of the molecule is CN(C)c1ccc(-c2ncc(CO)n2C)cc1. The van der Waals surface area contributed by atoms with Gasteiger partial charge in [-0.15, -0.1) is 0 Å². The van der Waals surface area contributed by atoms with E-state index in [0.717, 1.165) is 22.8 Å². The molecule has 90 valence electrons. The van der Waals surface area contributed by atoms with E-state index in [1.165, 1.54) is 0 Å². The van der Waals surface area contributed by atoms with Gasteiger partial charge >= 0.3 is 0 Å². The fourth-order valence-electron chi connectivity index (χ4n) is 1.77. The van der Waals surface area contributed by atoms with Crippen molar-refractivity contribution in [3.63, 3.8) is 0 Å². The van der Waals surface area contributed by atoms with E-state index in [-0.39, 0.29) is 6.61 Å². The molecule has 2 rings (SSSR count). The van der Waals surface area contributed by atoms with E-state index in [1.54, 1.807) is 6.20 Å². The molecule has 1 N–H and O–H groups in total. The van der Waals surface area contributed by atoms with Crippen molar-refractivity contribution in [2.45, 2.75) is 6.61 Å². The van der Waals surface area contributed by atoms with Crippen molar-refractivity contribution in [2.24, 2.45) is 7.05 Å². The molecule has 17 heavy (non-hydrogen) atoms. The predicted octanol–water partition coefficient (Wildman–Crippen LogP) is 1.65. The summed E-state index contributed by atoms with van der Waals surface area (Å²) in [6, 6.07) is 8.20. The molecule has 0 saturated heterocycles. The normalized spacial score (nSPS) is 10.6. The highest BCUT2D eigenvalue weighted by Gasteiger charge is 2.07. The molecule has 0 unspecified atom stereocenters. The maximum Gasteiger partial charge on any atom is 0.139 e. The first-order chi connectivity index (χ1) is 8.13. The summed E-state index contributed by atoms with van der Waals surface area (Å²) < 4.78 is 1.91. The summed E-state index contributed by atoms with van der Waals surface area (Å²) in [6.45, 7) is 0.0132. The second-order valence-electron chi connectivity index (χ2n) is 4.23. The highest BCUT2D eigenvalue weighted by molar-refractivity contribution is 5.60. The van der Waals surface area contributed by atoms with Gasteiger partial charge in [0.1, 0.15) is 5.82 Å². The van der Waals surface area contributed by atoms with Crippen molar-refractivity contribution in [1.29, 1.82) is 0 Å². The molecule has 4 nitrogen and oxygen atoms in total. The van der Waals surface area contributed by atoms with Crippen LogP contribution in [0.3, 0.4) is 0 Å². The first kappa shape index (κ1) is 11.7. The number of benzene rings is 1. The summed E-state index contributed by atoms with van der Waals surface area (Å²) in [6.07, 6.45) is 1.70. The number of hydrogen-bond donors (Lipinski definition) is 1. The summed E-state index contributed by atoms with van der Waals surface area (Å²) in [5.41, 5.74) is 3.03. The van der Waals surface area contributed by atoms with Crippen molar-refractivity contribution in [1.82, 2.24) is 9.55 Å². The predicted molar refractivity (Wildman–Crippen MR) is 68.9 cm³/mol. The smallest absolute Gasteiger partial charge is 0.139 e. The third kappa shape index (κ3) is 2.17. The molecule has 0 aliphatic carbocycles. The first-order valence-corrected chi connectivity index (χ1v) is 5.52. The lowest BCUT2D eigenvalue weighted by Crippen LogP contribution is -2.08. The van der Waals surface area contributed by atoms with Crippen molar-refractivity contribution in [3.8, 4) is 11.4 Å². The monoisotopic (exact) mass is 231 g/mol. The number of aromatic nitrogens is 2. The quantitative estimate of drug-likeness (QED) is 0.873. The third-order valence-corrected chi connectivity index (χ3v) is 2.89. The Morgan fingerprint density at radius 3 is 2.35 bits per heavy atom. The number of aliphatic hydroxyl groups is 1. The van der Waals surface area contributed by atoms with E-state index in [2.05, 4.69) is 22.0 Å². The summed E-state index contributed by atoms with van der Waals surface area (Å²) in [5, 5.41) is 9.13. The van der Waals surface area contributed by atoms with Crippen molar-refractivity contribution in [2.75, 3.05) is 19.0 Å². The average molecular weight is 231 g/mol. The van der Waals surface area contributed by atoms with Crippen LogP contribution in [-0.2, 0) is 13.7 Å². The fourth-order valence-corrected chi connectivity index (χ4v) is 1.77. The molecular formula is C13H17N3O. The maximum atomic E-state index is 9.13. The molecule has 0 spiro atoms. The Hall–Kier alpha value is -1.81. The zero-order valence-corrected chi connectivity index (χ0v) is 10.4. The lowest BCUT2D eigenvalue weighted by atomic mass is 10.2. The van der Waals surface area contributed by atoms with Gasteiger partial charge in [0, 0.05) is 32.4 Å². The molecule has 0 atom stereocenters. The van der Waals surface area contributed by atoms with Gasteiger partial charge in [0.15, 0.2) is 0 Å². The number of nitrogens with zero attached hydrogens (tertiary/aromatic N) is 3. The molecule has 0 aliphatic rings. The number of aliphatic hydroxyl groups excluding tert-OH is 1. The lowest BCUT2D eigenvalue weighted by Gasteiger charge is -2.12. The Morgan fingerprint density at radius 1 is 1.24 bits per heavy atom. The molecule has 0 fully saturated rings. The van der Waals surface area contributed by atoms with Crippen molar-refractivity contribution in [3.05, 3.63) is 36.2 Å². The van der Waals surface area contributed by atoms with Gasteiger partial charge in [0.25, 0.3) is 0 Å². The van der Waals surface area contributed by atoms with E-state index in [4.69, 9.17) is 5.11 Å². The number of imidazole rings is 1. The van der Waals surface area contributed by atoms with E-state index >= 15 is 0 Å². The summed E-state index contributed by atoms with van der Waals surface area (Å²) in [4.78, 5) is 6.38. The Morgan fingerprint density at radius 2 is 1.88 bits per heavy atom. The molecule has 0 radical (unpaired) electrons. The number of hydrogen-bond acceptors (Lipinski definition) is 3. The molecule has 0 aliphatic heterocycles. The summed E-state index contributed by atoms with van der Waals surface area (Å²) >= 11 is 0. The van der Waals surface area contributed by atoms with Gasteiger partial charge in [-0.25, -0.2) is 4.98 Å². The highest BCUT2D eigenvalue weighted by atomic mass is 16.3. The second kappa shape index (κ2) is 4.59. The van der Waals surface area contributed by atoms with Gasteiger partial charge < -0.3 is 14.6 Å². The largest absolute Gasteiger partial charge is 0.390 e. The van der Waals surface area contributed by atoms with Gasteiger partial charge in [0.2, 0.25) is 0 Å². The van der Waals surface area contributed by atoms with Gasteiger partial charge in [-0.05, 0) is 24.3 Å². The van der Waals surface area contributed by atoms with E-state index in [1.807, 2.05) is 37.8 Å². The van der Waals surface area contributed by atoms with Crippen molar-refractivity contribution < 1.29 is 5.11 Å². The van der Waals surface area contributed by atoms with Crippen LogP contribution in [0, 0.1) is 0 Å². The van der Waals surface area contributed by atoms with Crippen LogP contribution < -0.4 is 4.90 Å². The summed E-state index contributed by atoms with van der Waals surface area (Å²) in [7, 11) is 5.94. The Bertz CT molecular complexity index is 500. The van der Waals surface area contributed by atoms with Crippen LogP contribution in [-0.4, -0.2) is 28.8 Å². The molecule has 0 bridgehead atoms. The van der Waals surface area contributed by atoms with E-state index in [9.17, 15) is 0 Å². The number of anilines is 1. The zero-order valence-electron chi connectivity index (χ0n) is 10.4. The van der Waals surface area contributed by atoms with Crippen LogP contribution in [0.2, 0.25) is 0 Å². The molecule has 1 heterocycles. The Labute approximate surface area is 101 Å². The van der Waals surface area contributed by atoms with E-state index < -0.39 is 0 Å². The molecule has 0 amide bonds. The van der Waals surface area contributed by atoms with Crippen LogP contribution in [0.15, 0.2) is 30.5 Å². The van der Waals surface area contributed by atoms with Crippen LogP contribution in [0.1, 0.15) is 5.69 Å². The highest BCUT2D eigenvalue weighted by Crippen LogP contribution is 2.21. The molecule has 2 aromatic rings. The first-order valence-electron chi connectivity index (χ1n) is 5.52. The second-order valence-corrected chi connectivity index (χ2v) is 4.23. The molecular weight excluding hydrogens is 214 g/mol. The standard InChI is InChI=1S/C13H17N3O/c1-15(2)11-6-4-10(5-7-11)13-14-8-12(9-17)16(13)3/h4-8,17H,9H2,1-3H3. The van der Waals surface area contributed by atoms with Gasteiger partial charge in [-0.2, -0.15) is 0 Å². The van der Waals surface area contributed by atoms with Gasteiger partial charge in [-0.1, -0.05) is 0 Å². The molecule has 0 saturated carbocycles. The minimum Gasteiger partial charge on any atom is -0.390 e. The van der Waals surface area contributed by atoms with E-state index in [0.29, 0.717) is 0 Å². The minimum atomic E-state index is 0.0132. The Balaban J connectivity index is 2.36. The molecule has 1 aromatic carbocycles. The molecule has 4 heteroatoms. The fraction of sp³-hybridized carbons (Fsp3) is 0.308. The van der Waals surface area contributed by atoms with Gasteiger partial charge in [-0.3, -0.25) is 0 Å². The van der Waals surface area contributed by atoms with Crippen molar-refractivity contribution >= 4 is 5.69 Å². The molecule has 1 aromatic heterocycles. The van der Waals surface area contributed by atoms with Crippen LogP contribution in [0.4, 0.5) is 5.69 Å². The minimum absolute atomic E-state index is 0.0132. The van der Waals surface area contributed by atoms with Crippen LogP contribution >= 0.6 is 0 Å². The summed E-state index contributed by atoms with van der Waals surface area (Å²) in [5.74, 6) is 0.874. The van der Waals surface area contributed by atoms with Gasteiger partial charge in [0.05, 0.1) is 18.5 Å². The lowest BCUT2D eigenvalue weighted by molar-refractivity contribution is 0.273. The van der Waals surface area contributed by atoms with Crippen LogP contribution in [0.25, 0.3) is 11.4 Å². The number of rotatable bonds is 3. The third-order valence-electron chi connectivity index (χ3n) is 2.89.